The van der Waals surface area contributed by atoms with Crippen LogP contribution in [0.15, 0.2) is 53.6 Å². The maximum Gasteiger partial charge on any atom is 0.273 e. The molecular weight excluding hydrogens is 374 g/mol. The highest BCUT2D eigenvalue weighted by atomic mass is 32.2. The van der Waals surface area contributed by atoms with Gasteiger partial charge in [-0.1, -0.05) is 42.1 Å². The Morgan fingerprint density at radius 2 is 2.00 bits per heavy atom. The number of thioether (sulfide) groups is 1. The van der Waals surface area contributed by atoms with Gasteiger partial charge in [-0.15, -0.1) is 0 Å². The largest absolute Gasteiger partial charge is 0.393 e. The van der Waals surface area contributed by atoms with Crippen molar-refractivity contribution in [2.45, 2.75) is 17.9 Å². The number of aliphatic hydroxyl groups is 1. The number of aliphatic hydroxyl groups excluding tert-OH is 1. The van der Waals surface area contributed by atoms with Gasteiger partial charge in [0.1, 0.15) is 22.8 Å². The topological polar surface area (TPSA) is 62.1 Å². The van der Waals surface area contributed by atoms with Gasteiger partial charge in [-0.25, -0.2) is 13.8 Å². The monoisotopic (exact) mass is 392 g/mol. The second-order valence-corrected chi connectivity index (χ2v) is 7.23. The second-order valence-electron chi connectivity index (χ2n) is 5.97. The molecular formula is C19H18F2N2O3S. The Balaban J connectivity index is 2.14. The smallest absolute Gasteiger partial charge is 0.273 e. The van der Waals surface area contributed by atoms with Gasteiger partial charge in [-0.05, 0) is 30.7 Å². The van der Waals surface area contributed by atoms with Crippen LogP contribution in [0, 0.1) is 11.6 Å². The summed E-state index contributed by atoms with van der Waals surface area (Å²) in [7, 11) is 1.38. The maximum atomic E-state index is 14.3. The first-order valence-corrected chi connectivity index (χ1v) is 9.01. The lowest BCUT2D eigenvalue weighted by Crippen LogP contribution is -2.47. The van der Waals surface area contributed by atoms with Crippen molar-refractivity contribution in [3.8, 4) is 0 Å². The van der Waals surface area contributed by atoms with Crippen molar-refractivity contribution in [2.75, 3.05) is 13.7 Å². The summed E-state index contributed by atoms with van der Waals surface area (Å²) in [4.78, 5) is 11.5. The highest BCUT2D eigenvalue weighted by molar-refractivity contribution is 8.15. The van der Waals surface area contributed by atoms with E-state index in [0.717, 1.165) is 35.0 Å². The van der Waals surface area contributed by atoms with E-state index in [0.29, 0.717) is 5.56 Å². The van der Waals surface area contributed by atoms with Crippen molar-refractivity contribution in [1.29, 1.82) is 0 Å². The van der Waals surface area contributed by atoms with E-state index in [4.69, 9.17) is 4.74 Å². The van der Waals surface area contributed by atoms with Gasteiger partial charge in [-0.2, -0.15) is 5.10 Å². The first kappa shape index (κ1) is 19.5. The number of halogens is 2. The Morgan fingerprint density at radius 1 is 1.30 bits per heavy atom. The summed E-state index contributed by atoms with van der Waals surface area (Å²) in [6, 6.07) is 11.8. The van der Waals surface area contributed by atoms with Crippen LogP contribution in [0.1, 0.15) is 18.1 Å². The van der Waals surface area contributed by atoms with E-state index in [1.54, 1.807) is 37.3 Å². The fourth-order valence-corrected chi connectivity index (χ4v) is 3.98. The van der Waals surface area contributed by atoms with E-state index >= 15 is 0 Å². The van der Waals surface area contributed by atoms with Crippen LogP contribution in [-0.4, -0.2) is 40.9 Å². The molecule has 2 atom stereocenters. The molecule has 0 bridgehead atoms. The van der Waals surface area contributed by atoms with Gasteiger partial charge in [0.25, 0.3) is 5.91 Å². The molecule has 5 nitrogen and oxygen atoms in total. The van der Waals surface area contributed by atoms with Crippen LogP contribution in [0.4, 0.5) is 8.78 Å². The summed E-state index contributed by atoms with van der Waals surface area (Å²) < 4.78 is 33.0. The van der Waals surface area contributed by atoms with Crippen molar-refractivity contribution in [1.82, 2.24) is 5.01 Å². The minimum Gasteiger partial charge on any atom is -0.393 e. The molecule has 0 aromatic heterocycles. The molecule has 1 amide bonds. The minimum absolute atomic E-state index is 0.0749. The van der Waals surface area contributed by atoms with Crippen molar-refractivity contribution in [3.63, 3.8) is 0 Å². The molecule has 3 rings (SSSR count). The van der Waals surface area contributed by atoms with Gasteiger partial charge < -0.3 is 9.84 Å². The van der Waals surface area contributed by atoms with E-state index in [1.165, 1.54) is 7.11 Å². The van der Waals surface area contributed by atoms with Gasteiger partial charge >= 0.3 is 0 Å². The molecule has 2 unspecified atom stereocenters. The lowest BCUT2D eigenvalue weighted by Gasteiger charge is -2.35. The molecule has 0 saturated heterocycles. The summed E-state index contributed by atoms with van der Waals surface area (Å²) in [5, 5.41) is 15.7. The zero-order chi connectivity index (χ0) is 19.6. The van der Waals surface area contributed by atoms with Crippen LogP contribution in [-0.2, 0) is 14.4 Å². The van der Waals surface area contributed by atoms with Crippen molar-refractivity contribution >= 4 is 22.7 Å². The minimum atomic E-state index is -1.31. The van der Waals surface area contributed by atoms with Crippen molar-refractivity contribution in [2.24, 2.45) is 5.10 Å². The molecule has 0 aliphatic carbocycles. The first-order valence-electron chi connectivity index (χ1n) is 8.19. The second kappa shape index (κ2) is 7.75. The molecule has 1 heterocycles. The summed E-state index contributed by atoms with van der Waals surface area (Å²) in [6.07, 6.45) is -0.833. The molecule has 0 spiro atoms. The standard InChI is InChI=1S/C19H18F2N2O3S/c1-12(26-2)18(25)23-19(11-24,13-6-4-3-5-7-13)27-17(22-23)15-10-14(20)8-9-16(15)21/h3-10,12,24H,11H2,1-2H3. The SMILES string of the molecule is COC(C)C(=O)N1N=C(c2cc(F)ccc2F)SC1(CO)c1ccccc1. The van der Waals surface area contributed by atoms with E-state index in [1.807, 2.05) is 0 Å². The number of carbonyl (C=O) groups is 1. The summed E-state index contributed by atoms with van der Waals surface area (Å²) in [6.45, 7) is 1.07. The van der Waals surface area contributed by atoms with Crippen LogP contribution in [0.25, 0.3) is 0 Å². The Bertz CT molecular complexity index is 879. The molecule has 2 aromatic rings. The molecule has 0 fully saturated rings. The van der Waals surface area contributed by atoms with E-state index in [9.17, 15) is 18.7 Å². The third-order valence-corrected chi connectivity index (χ3v) is 5.68. The Labute approximate surface area is 159 Å². The Morgan fingerprint density at radius 3 is 2.63 bits per heavy atom. The summed E-state index contributed by atoms with van der Waals surface area (Å²) >= 11 is 0.994. The van der Waals surface area contributed by atoms with Gasteiger partial charge in [0.2, 0.25) is 0 Å². The van der Waals surface area contributed by atoms with Crippen molar-refractivity contribution < 1.29 is 23.4 Å². The molecule has 0 saturated carbocycles. The summed E-state index contributed by atoms with van der Waals surface area (Å²) in [5.41, 5.74) is 0.527. The predicted octanol–water partition coefficient (Wildman–Crippen LogP) is 3.08. The fraction of sp³-hybridized carbons (Fsp3) is 0.263. The number of benzene rings is 2. The number of ether oxygens (including phenoxy) is 1. The number of amides is 1. The van der Waals surface area contributed by atoms with E-state index in [2.05, 4.69) is 5.10 Å². The molecule has 8 heteroatoms. The van der Waals surface area contributed by atoms with Gasteiger partial charge in [0.05, 0.1) is 6.61 Å². The Kier molecular flexibility index (Phi) is 5.59. The molecule has 0 radical (unpaired) electrons. The van der Waals surface area contributed by atoms with Gasteiger partial charge in [0.15, 0.2) is 4.87 Å². The van der Waals surface area contributed by atoms with Crippen LogP contribution >= 0.6 is 11.8 Å². The van der Waals surface area contributed by atoms with Crippen LogP contribution in [0.5, 0.6) is 0 Å². The normalized spacial score (nSPS) is 20.5. The number of methoxy groups -OCH3 is 1. The quantitative estimate of drug-likeness (QED) is 0.850. The lowest BCUT2D eigenvalue weighted by atomic mass is 10.1. The summed E-state index contributed by atoms with van der Waals surface area (Å²) in [5.74, 6) is -1.80. The first-order chi connectivity index (χ1) is 12.9. The van der Waals surface area contributed by atoms with Crippen LogP contribution in [0.3, 0.4) is 0 Å². The molecule has 1 aliphatic rings. The van der Waals surface area contributed by atoms with Crippen molar-refractivity contribution in [3.05, 3.63) is 71.3 Å². The average molecular weight is 392 g/mol. The highest BCUT2D eigenvalue weighted by Gasteiger charge is 2.49. The predicted molar refractivity (Wildman–Crippen MR) is 99.0 cm³/mol. The molecule has 2 aromatic carbocycles. The number of hydrogen-bond acceptors (Lipinski definition) is 5. The average Bonchev–Trinajstić information content (AvgIpc) is 3.10. The zero-order valence-electron chi connectivity index (χ0n) is 14.7. The van der Waals surface area contributed by atoms with Gasteiger partial charge in [0, 0.05) is 12.7 Å². The molecule has 1 aliphatic heterocycles. The maximum absolute atomic E-state index is 14.3. The van der Waals surface area contributed by atoms with E-state index < -0.39 is 35.1 Å². The molecule has 27 heavy (non-hydrogen) atoms. The van der Waals surface area contributed by atoms with E-state index in [-0.39, 0.29) is 10.6 Å². The lowest BCUT2D eigenvalue weighted by molar-refractivity contribution is -0.145. The molecule has 142 valence electrons. The van der Waals surface area contributed by atoms with Crippen LogP contribution in [0.2, 0.25) is 0 Å². The zero-order valence-corrected chi connectivity index (χ0v) is 15.5. The fourth-order valence-electron chi connectivity index (χ4n) is 2.74. The highest BCUT2D eigenvalue weighted by Crippen LogP contribution is 2.47. The van der Waals surface area contributed by atoms with Crippen LogP contribution < -0.4 is 0 Å². The molecule has 1 N–H and O–H groups in total. The third-order valence-electron chi connectivity index (χ3n) is 4.31. The number of hydrogen-bond donors (Lipinski definition) is 1. The number of rotatable bonds is 5. The number of hydrazone groups is 1. The number of nitrogens with zero attached hydrogens (tertiary/aromatic N) is 2. The van der Waals surface area contributed by atoms with Gasteiger partial charge in [-0.3, -0.25) is 4.79 Å². The Hall–Kier alpha value is -2.29. The third kappa shape index (κ3) is 3.47. The number of carbonyl (C=O) groups excluding carboxylic acids is 1.